The van der Waals surface area contributed by atoms with Crippen molar-refractivity contribution in [3.8, 4) is 0 Å². The fourth-order valence-corrected chi connectivity index (χ4v) is 4.24. The first-order valence-electron chi connectivity index (χ1n) is 10.6. The van der Waals surface area contributed by atoms with Crippen LogP contribution in [0.15, 0.2) is 29.2 Å². The minimum absolute atomic E-state index is 0.239. The van der Waals surface area contributed by atoms with Gasteiger partial charge in [0.2, 0.25) is 0 Å². The van der Waals surface area contributed by atoms with Gasteiger partial charge in [-0.05, 0) is 18.2 Å². The number of benzene rings is 1. The molecule has 0 bridgehead atoms. The average Bonchev–Trinajstić information content (AvgIpc) is 2.65. The lowest BCUT2D eigenvalue weighted by Crippen LogP contribution is -1.91. The number of hydrogen-bond donors (Lipinski definition) is 0. The third-order valence-electron chi connectivity index (χ3n) is 4.82. The average molecular weight is 380 g/mol. The van der Waals surface area contributed by atoms with Gasteiger partial charge in [-0.15, -0.1) is 11.8 Å². The molecule has 0 aliphatic heterocycles. The van der Waals surface area contributed by atoms with Gasteiger partial charge >= 0.3 is 0 Å². The van der Waals surface area contributed by atoms with Gasteiger partial charge in [0.25, 0.3) is 5.69 Å². The molecule has 0 amide bonds. The second-order valence-corrected chi connectivity index (χ2v) is 8.31. The highest BCUT2D eigenvalue weighted by Crippen LogP contribution is 2.29. The summed E-state index contributed by atoms with van der Waals surface area (Å²) in [5.41, 5.74) is 0.239. The van der Waals surface area contributed by atoms with E-state index in [1.54, 1.807) is 23.9 Å². The zero-order valence-corrected chi connectivity index (χ0v) is 17.4. The molecule has 0 N–H and O–H groups in total. The van der Waals surface area contributed by atoms with Gasteiger partial charge in [-0.2, -0.15) is 0 Å². The van der Waals surface area contributed by atoms with E-state index in [2.05, 4.69) is 6.92 Å². The van der Waals surface area contributed by atoms with Crippen LogP contribution in [0, 0.1) is 10.1 Å². The third-order valence-corrected chi connectivity index (χ3v) is 5.97. The number of nitrogens with zero attached hydrogens (tertiary/aromatic N) is 1. The van der Waals surface area contributed by atoms with Crippen molar-refractivity contribution in [2.75, 3.05) is 5.75 Å². The molecular formula is C22H37NO2S. The van der Waals surface area contributed by atoms with Gasteiger partial charge in [-0.3, -0.25) is 10.1 Å². The number of hydrogen-bond acceptors (Lipinski definition) is 3. The fraction of sp³-hybridized carbons (Fsp3) is 0.727. The smallest absolute Gasteiger partial charge is 0.258 e. The maximum atomic E-state index is 11.0. The summed E-state index contributed by atoms with van der Waals surface area (Å²) in [4.78, 5) is 11.5. The van der Waals surface area contributed by atoms with E-state index < -0.39 is 0 Å². The van der Waals surface area contributed by atoms with Crippen molar-refractivity contribution in [2.24, 2.45) is 0 Å². The van der Waals surface area contributed by atoms with Crippen LogP contribution in [0.4, 0.5) is 5.69 Å². The summed E-state index contributed by atoms with van der Waals surface area (Å²) in [5, 5.41) is 11.0. The molecule has 4 heteroatoms. The fourth-order valence-electron chi connectivity index (χ4n) is 3.21. The van der Waals surface area contributed by atoms with Crippen LogP contribution >= 0.6 is 11.8 Å². The van der Waals surface area contributed by atoms with Crippen molar-refractivity contribution in [3.05, 3.63) is 34.4 Å². The number of nitro benzene ring substituents is 1. The lowest BCUT2D eigenvalue weighted by Gasteiger charge is -2.04. The first-order chi connectivity index (χ1) is 12.8. The molecule has 0 aliphatic carbocycles. The van der Waals surface area contributed by atoms with Crippen molar-refractivity contribution in [1.82, 2.24) is 0 Å². The summed E-state index contributed by atoms with van der Waals surface area (Å²) in [7, 11) is 0. The van der Waals surface area contributed by atoms with E-state index >= 15 is 0 Å². The van der Waals surface area contributed by atoms with Gasteiger partial charge in [0, 0.05) is 6.07 Å². The highest BCUT2D eigenvalue weighted by molar-refractivity contribution is 7.99. The van der Waals surface area contributed by atoms with Crippen LogP contribution in [0.3, 0.4) is 0 Å². The Bertz CT molecular complexity index is 479. The van der Waals surface area contributed by atoms with Gasteiger partial charge in [-0.25, -0.2) is 0 Å². The molecule has 3 nitrogen and oxygen atoms in total. The van der Waals surface area contributed by atoms with Crippen LogP contribution < -0.4 is 0 Å². The van der Waals surface area contributed by atoms with Crippen LogP contribution in [0.2, 0.25) is 0 Å². The van der Waals surface area contributed by atoms with E-state index in [-0.39, 0.29) is 10.6 Å². The standard InChI is InChI=1S/C22H37NO2S/c1-2-3-4-5-6-7-8-9-10-11-12-13-14-17-20-26-22-19-16-15-18-21(22)23(24)25/h15-16,18-19H,2-14,17,20H2,1H3. The summed E-state index contributed by atoms with van der Waals surface area (Å²) in [6.07, 6.45) is 19.0. The predicted octanol–water partition coefficient (Wildman–Crippen LogP) is 8.17. The van der Waals surface area contributed by atoms with Crippen LogP contribution in [0.1, 0.15) is 96.8 Å². The minimum Gasteiger partial charge on any atom is -0.258 e. The Morgan fingerprint density at radius 3 is 1.73 bits per heavy atom. The molecule has 0 atom stereocenters. The lowest BCUT2D eigenvalue weighted by molar-refractivity contribution is -0.387. The Morgan fingerprint density at radius 2 is 1.23 bits per heavy atom. The molecule has 148 valence electrons. The van der Waals surface area contributed by atoms with Gasteiger partial charge in [-0.1, -0.05) is 103 Å². The molecule has 1 aromatic carbocycles. The molecule has 0 fully saturated rings. The van der Waals surface area contributed by atoms with E-state index in [1.165, 1.54) is 83.5 Å². The van der Waals surface area contributed by atoms with Gasteiger partial charge in [0.15, 0.2) is 0 Å². The van der Waals surface area contributed by atoms with E-state index in [9.17, 15) is 10.1 Å². The van der Waals surface area contributed by atoms with Crippen LogP contribution in [-0.2, 0) is 0 Å². The molecule has 0 saturated carbocycles. The number of para-hydroxylation sites is 1. The SMILES string of the molecule is CCCCCCCCCCCCCCCCSc1ccccc1[N+](=O)[O-]. The Hall–Kier alpha value is -1.03. The highest BCUT2D eigenvalue weighted by Gasteiger charge is 2.11. The Morgan fingerprint density at radius 1 is 0.769 bits per heavy atom. The van der Waals surface area contributed by atoms with E-state index in [0.29, 0.717) is 0 Å². The zero-order chi connectivity index (χ0) is 18.9. The zero-order valence-electron chi connectivity index (χ0n) is 16.6. The number of nitro groups is 1. The van der Waals surface area contributed by atoms with Crippen molar-refractivity contribution >= 4 is 17.4 Å². The summed E-state index contributed by atoms with van der Waals surface area (Å²) in [6.45, 7) is 2.27. The summed E-state index contributed by atoms with van der Waals surface area (Å²) in [5.74, 6) is 0.975. The second kappa shape index (κ2) is 16.2. The van der Waals surface area contributed by atoms with Gasteiger partial charge in [0.05, 0.1) is 9.82 Å². The molecule has 0 aromatic heterocycles. The second-order valence-electron chi connectivity index (χ2n) is 7.17. The predicted molar refractivity (Wildman–Crippen MR) is 114 cm³/mol. The maximum absolute atomic E-state index is 11.0. The third kappa shape index (κ3) is 11.6. The molecule has 1 aromatic rings. The van der Waals surface area contributed by atoms with Crippen LogP contribution in [-0.4, -0.2) is 10.7 Å². The highest BCUT2D eigenvalue weighted by atomic mass is 32.2. The van der Waals surface area contributed by atoms with Crippen LogP contribution in [0.5, 0.6) is 0 Å². The van der Waals surface area contributed by atoms with Crippen molar-refractivity contribution in [3.63, 3.8) is 0 Å². The van der Waals surface area contributed by atoms with E-state index in [4.69, 9.17) is 0 Å². The molecule has 0 radical (unpaired) electrons. The van der Waals surface area contributed by atoms with Crippen molar-refractivity contribution < 1.29 is 4.92 Å². The Labute approximate surface area is 164 Å². The van der Waals surface area contributed by atoms with E-state index in [0.717, 1.165) is 17.1 Å². The molecule has 0 heterocycles. The molecule has 26 heavy (non-hydrogen) atoms. The number of thioether (sulfide) groups is 1. The molecule has 0 unspecified atom stereocenters. The van der Waals surface area contributed by atoms with Crippen LogP contribution in [0.25, 0.3) is 0 Å². The summed E-state index contributed by atoms with van der Waals surface area (Å²) >= 11 is 1.62. The largest absolute Gasteiger partial charge is 0.282 e. The molecule has 0 spiro atoms. The number of rotatable bonds is 17. The molecule has 0 aliphatic rings. The molecular weight excluding hydrogens is 342 g/mol. The summed E-state index contributed by atoms with van der Waals surface area (Å²) in [6, 6.07) is 7.05. The van der Waals surface area contributed by atoms with Gasteiger partial charge in [0.1, 0.15) is 0 Å². The molecule has 1 rings (SSSR count). The quantitative estimate of drug-likeness (QED) is 0.119. The lowest BCUT2D eigenvalue weighted by atomic mass is 10.0. The number of unbranched alkanes of at least 4 members (excludes halogenated alkanes) is 13. The monoisotopic (exact) mass is 379 g/mol. The Kier molecular flexibility index (Phi) is 14.3. The Balaban J connectivity index is 1.88. The topological polar surface area (TPSA) is 43.1 Å². The first-order valence-corrected chi connectivity index (χ1v) is 11.6. The summed E-state index contributed by atoms with van der Waals surface area (Å²) < 4.78 is 0. The minimum atomic E-state index is -0.284. The van der Waals surface area contributed by atoms with Gasteiger partial charge < -0.3 is 0 Å². The normalized spacial score (nSPS) is 11.0. The first kappa shape index (κ1) is 23.0. The van der Waals surface area contributed by atoms with Crippen molar-refractivity contribution in [2.45, 2.75) is 102 Å². The molecule has 0 saturated heterocycles. The van der Waals surface area contributed by atoms with Crippen molar-refractivity contribution in [1.29, 1.82) is 0 Å². The maximum Gasteiger partial charge on any atom is 0.282 e. The van der Waals surface area contributed by atoms with E-state index in [1.807, 2.05) is 12.1 Å².